The van der Waals surface area contributed by atoms with Crippen molar-refractivity contribution < 1.29 is 9.47 Å². The van der Waals surface area contributed by atoms with Crippen molar-refractivity contribution in [1.82, 2.24) is 0 Å². The monoisotopic (exact) mass is 322 g/mol. The van der Waals surface area contributed by atoms with Crippen LogP contribution in [0.1, 0.15) is 37.2 Å². The van der Waals surface area contributed by atoms with Crippen LogP contribution in [0.4, 0.5) is 0 Å². The molecule has 2 aromatic rings. The summed E-state index contributed by atoms with van der Waals surface area (Å²) in [5, 5.41) is 1.42. The van der Waals surface area contributed by atoms with E-state index in [1.807, 2.05) is 62.4 Å². The van der Waals surface area contributed by atoms with Gasteiger partial charge in [-0.3, -0.25) is 0 Å². The van der Waals surface area contributed by atoms with Crippen molar-refractivity contribution in [3.8, 4) is 0 Å². The van der Waals surface area contributed by atoms with Gasteiger partial charge in [0, 0.05) is 10.0 Å². The molecule has 0 unspecified atom stereocenters. The summed E-state index contributed by atoms with van der Waals surface area (Å²) < 4.78 is 12.1. The van der Waals surface area contributed by atoms with Gasteiger partial charge in [0.1, 0.15) is 12.2 Å². The van der Waals surface area contributed by atoms with E-state index in [0.29, 0.717) is 10.0 Å². The van der Waals surface area contributed by atoms with Crippen LogP contribution in [0.2, 0.25) is 10.0 Å². The molecule has 2 nitrogen and oxygen atoms in total. The maximum atomic E-state index is 6.07. The lowest BCUT2D eigenvalue weighted by Crippen LogP contribution is -2.20. The molecule has 110 valence electrons. The van der Waals surface area contributed by atoms with E-state index in [4.69, 9.17) is 32.7 Å². The van der Waals surface area contributed by atoms with Gasteiger partial charge < -0.3 is 9.47 Å². The predicted molar refractivity (Wildman–Crippen MR) is 84.6 cm³/mol. The third kappa shape index (κ3) is 3.24. The highest BCUT2D eigenvalue weighted by Crippen LogP contribution is 2.47. The van der Waals surface area contributed by atoms with Gasteiger partial charge in [-0.15, -0.1) is 0 Å². The summed E-state index contributed by atoms with van der Waals surface area (Å²) in [5.74, 6) is -0.630. The largest absolute Gasteiger partial charge is 0.339 e. The fraction of sp³-hybridized carbons (Fsp3) is 0.294. The van der Waals surface area contributed by atoms with Gasteiger partial charge in [-0.2, -0.15) is 0 Å². The zero-order valence-electron chi connectivity index (χ0n) is 11.8. The molecule has 0 saturated carbocycles. The molecule has 1 fully saturated rings. The van der Waals surface area contributed by atoms with Crippen LogP contribution < -0.4 is 0 Å². The molecule has 21 heavy (non-hydrogen) atoms. The molecule has 0 bridgehead atoms. The van der Waals surface area contributed by atoms with Crippen molar-refractivity contribution in [3.63, 3.8) is 0 Å². The van der Waals surface area contributed by atoms with Crippen LogP contribution in [0, 0.1) is 0 Å². The van der Waals surface area contributed by atoms with E-state index in [1.54, 1.807) is 0 Å². The lowest BCUT2D eigenvalue weighted by atomic mass is 9.98. The van der Waals surface area contributed by atoms with Crippen LogP contribution in [0.25, 0.3) is 0 Å². The molecule has 0 N–H and O–H groups in total. The molecule has 1 heterocycles. The smallest absolute Gasteiger partial charge is 0.164 e. The summed E-state index contributed by atoms with van der Waals surface area (Å²) in [7, 11) is 0. The number of ether oxygens (including phenoxy) is 2. The van der Waals surface area contributed by atoms with Gasteiger partial charge in [-0.25, -0.2) is 0 Å². The number of hydrogen-bond donors (Lipinski definition) is 0. The molecule has 3 rings (SSSR count). The maximum absolute atomic E-state index is 6.07. The number of hydrogen-bond acceptors (Lipinski definition) is 2. The van der Waals surface area contributed by atoms with E-state index in [0.717, 1.165) is 11.1 Å². The maximum Gasteiger partial charge on any atom is 0.164 e. The Morgan fingerprint density at radius 1 is 0.714 bits per heavy atom. The summed E-state index contributed by atoms with van der Waals surface area (Å²) in [6, 6.07) is 15.4. The van der Waals surface area contributed by atoms with Crippen molar-refractivity contribution in [3.05, 3.63) is 69.7 Å². The summed E-state index contributed by atoms with van der Waals surface area (Å²) in [5.41, 5.74) is 2.09. The van der Waals surface area contributed by atoms with E-state index in [2.05, 4.69) is 0 Å². The van der Waals surface area contributed by atoms with Crippen molar-refractivity contribution in [1.29, 1.82) is 0 Å². The quantitative estimate of drug-likeness (QED) is 0.720. The molecule has 2 atom stereocenters. The van der Waals surface area contributed by atoms with Gasteiger partial charge in [0.05, 0.1) is 0 Å². The second-order valence-electron chi connectivity index (χ2n) is 5.58. The molecular formula is C17H16Cl2O2. The third-order valence-electron chi connectivity index (χ3n) is 3.49. The molecule has 1 aliphatic rings. The topological polar surface area (TPSA) is 18.5 Å². The molecule has 0 aliphatic carbocycles. The molecule has 0 amide bonds. The summed E-state index contributed by atoms with van der Waals surface area (Å²) in [6.07, 6.45) is -0.336. The number of rotatable bonds is 2. The predicted octanol–water partition coefficient (Wildman–Crippen LogP) is 5.56. The Balaban J connectivity index is 1.96. The van der Waals surface area contributed by atoms with E-state index in [1.165, 1.54) is 0 Å². The van der Waals surface area contributed by atoms with Crippen molar-refractivity contribution in [2.45, 2.75) is 31.8 Å². The molecule has 2 aromatic carbocycles. The third-order valence-corrected chi connectivity index (χ3v) is 4.00. The average Bonchev–Trinajstić information content (AvgIpc) is 2.76. The van der Waals surface area contributed by atoms with Crippen molar-refractivity contribution in [2.24, 2.45) is 0 Å². The van der Waals surface area contributed by atoms with Crippen LogP contribution in [0.3, 0.4) is 0 Å². The Hall–Kier alpha value is -1.06. The normalized spacial score (nSPS) is 24.2. The van der Waals surface area contributed by atoms with Crippen molar-refractivity contribution >= 4 is 23.2 Å². The van der Waals surface area contributed by atoms with Crippen LogP contribution >= 0.6 is 23.2 Å². The van der Waals surface area contributed by atoms with E-state index >= 15 is 0 Å². The fourth-order valence-electron chi connectivity index (χ4n) is 2.55. The molecule has 0 spiro atoms. The molecule has 0 aromatic heterocycles. The van der Waals surface area contributed by atoms with E-state index < -0.39 is 5.79 Å². The molecular weight excluding hydrogens is 307 g/mol. The van der Waals surface area contributed by atoms with Gasteiger partial charge in [-0.1, -0.05) is 47.5 Å². The Morgan fingerprint density at radius 3 is 1.38 bits per heavy atom. The van der Waals surface area contributed by atoms with Crippen LogP contribution in [-0.4, -0.2) is 5.79 Å². The SMILES string of the molecule is CC1(C)O[C@H](c2ccc(Cl)cc2)[C@@H](c2ccc(Cl)cc2)O1. The number of benzene rings is 2. The summed E-state index contributed by atoms with van der Waals surface area (Å²) in [6.45, 7) is 3.84. The first kappa shape index (κ1) is 14.9. The van der Waals surface area contributed by atoms with Gasteiger partial charge in [0.25, 0.3) is 0 Å². The van der Waals surface area contributed by atoms with Crippen LogP contribution in [-0.2, 0) is 9.47 Å². The number of halogens is 2. The van der Waals surface area contributed by atoms with Crippen LogP contribution in [0.15, 0.2) is 48.5 Å². The van der Waals surface area contributed by atoms with E-state index in [-0.39, 0.29) is 12.2 Å². The first-order valence-corrected chi connectivity index (χ1v) is 7.57. The minimum atomic E-state index is -0.630. The summed E-state index contributed by atoms with van der Waals surface area (Å²) >= 11 is 11.9. The minimum absolute atomic E-state index is 0.168. The van der Waals surface area contributed by atoms with Gasteiger partial charge in [-0.05, 0) is 49.2 Å². The average molecular weight is 323 g/mol. The molecule has 1 aliphatic heterocycles. The first-order valence-electron chi connectivity index (χ1n) is 6.81. The minimum Gasteiger partial charge on any atom is -0.339 e. The first-order chi connectivity index (χ1) is 9.94. The second-order valence-corrected chi connectivity index (χ2v) is 6.45. The standard InChI is InChI=1S/C17H16Cl2O2/c1-17(2)20-15(11-3-7-13(18)8-4-11)16(21-17)12-5-9-14(19)10-6-12/h3-10,15-16H,1-2H3/t15-,16-/m1/s1. The lowest BCUT2D eigenvalue weighted by molar-refractivity contribution is -0.147. The highest BCUT2D eigenvalue weighted by Gasteiger charge is 2.42. The van der Waals surface area contributed by atoms with Gasteiger partial charge in [0.2, 0.25) is 0 Å². The lowest BCUT2D eigenvalue weighted by Gasteiger charge is -2.17. The Kier molecular flexibility index (Phi) is 3.98. The Labute approximate surface area is 134 Å². The fourth-order valence-corrected chi connectivity index (χ4v) is 2.81. The zero-order valence-corrected chi connectivity index (χ0v) is 13.4. The molecule has 0 radical (unpaired) electrons. The highest BCUT2D eigenvalue weighted by molar-refractivity contribution is 6.30. The van der Waals surface area contributed by atoms with Crippen molar-refractivity contribution in [2.75, 3.05) is 0 Å². The van der Waals surface area contributed by atoms with Gasteiger partial charge >= 0.3 is 0 Å². The molecule has 1 saturated heterocycles. The zero-order chi connectivity index (χ0) is 15.0. The van der Waals surface area contributed by atoms with Crippen LogP contribution in [0.5, 0.6) is 0 Å². The summed E-state index contributed by atoms with van der Waals surface area (Å²) in [4.78, 5) is 0. The van der Waals surface area contributed by atoms with Gasteiger partial charge in [0.15, 0.2) is 5.79 Å². The highest BCUT2D eigenvalue weighted by atomic mass is 35.5. The van der Waals surface area contributed by atoms with E-state index in [9.17, 15) is 0 Å². The Morgan fingerprint density at radius 2 is 1.05 bits per heavy atom. The molecule has 4 heteroatoms. The second kappa shape index (κ2) is 5.62. The Bertz CT molecular complexity index is 565.